The van der Waals surface area contributed by atoms with Crippen molar-refractivity contribution < 1.29 is 35.9 Å². The number of amides is 1. The van der Waals surface area contributed by atoms with Gasteiger partial charge < -0.3 is 9.64 Å². The molecule has 0 unspecified atom stereocenters. The van der Waals surface area contributed by atoms with Crippen LogP contribution in [0, 0.1) is 0 Å². The molecule has 0 spiro atoms. The molecule has 42 heavy (non-hydrogen) atoms. The molecule has 12 heteroatoms. The molecule has 1 amide bonds. The zero-order valence-corrected chi connectivity index (χ0v) is 24.0. The Morgan fingerprint density at radius 3 is 2.26 bits per heavy atom. The van der Waals surface area contributed by atoms with Crippen LogP contribution in [0.3, 0.4) is 0 Å². The number of pyridine rings is 1. The molecule has 0 N–H and O–H groups in total. The van der Waals surface area contributed by atoms with Crippen LogP contribution in [0.1, 0.15) is 74.3 Å². The van der Waals surface area contributed by atoms with Gasteiger partial charge in [-0.25, -0.2) is 9.78 Å². The highest BCUT2D eigenvalue weighted by Crippen LogP contribution is 2.42. The molecule has 1 aromatic carbocycles. The van der Waals surface area contributed by atoms with Gasteiger partial charge >= 0.3 is 18.4 Å². The number of hydrogen-bond acceptors (Lipinski definition) is 5. The van der Waals surface area contributed by atoms with Gasteiger partial charge in [-0.05, 0) is 68.0 Å². The number of cyclic esters (lactones) is 1. The van der Waals surface area contributed by atoms with Gasteiger partial charge in [-0.3, -0.25) is 4.90 Å². The van der Waals surface area contributed by atoms with Gasteiger partial charge in [0.2, 0.25) is 0 Å². The molecule has 0 bridgehead atoms. The average molecular weight is 612 g/mol. The summed E-state index contributed by atoms with van der Waals surface area (Å²) in [7, 11) is 0. The number of anilines is 1. The molecule has 3 heterocycles. The fourth-order valence-corrected chi connectivity index (χ4v) is 6.62. The van der Waals surface area contributed by atoms with Crippen molar-refractivity contribution in [1.29, 1.82) is 0 Å². The number of carbonyl (C=O) groups is 1. The summed E-state index contributed by atoms with van der Waals surface area (Å²) in [6.45, 7) is 4.34. The van der Waals surface area contributed by atoms with Crippen molar-refractivity contribution in [3.8, 4) is 10.4 Å². The molecule has 1 saturated heterocycles. The Morgan fingerprint density at radius 2 is 1.69 bits per heavy atom. The normalized spacial score (nSPS) is 20.2. The Balaban J connectivity index is 1.50. The van der Waals surface area contributed by atoms with E-state index in [0.29, 0.717) is 24.5 Å². The van der Waals surface area contributed by atoms with Gasteiger partial charge in [0.1, 0.15) is 11.9 Å². The predicted molar refractivity (Wildman–Crippen MR) is 148 cm³/mol. The fourth-order valence-electron chi connectivity index (χ4n) is 5.92. The summed E-state index contributed by atoms with van der Waals surface area (Å²) in [5, 5.41) is 1.94. The lowest BCUT2D eigenvalue weighted by atomic mass is 9.93. The Bertz CT molecular complexity index is 1370. The third-order valence-electron chi connectivity index (χ3n) is 8.05. The van der Waals surface area contributed by atoms with Crippen LogP contribution in [0.5, 0.6) is 0 Å². The highest BCUT2D eigenvalue weighted by atomic mass is 32.1. The quantitative estimate of drug-likeness (QED) is 0.250. The standard InChI is InChI=1S/C30H31F6N3O2S/c1-3-38(24-8-5-4-6-9-24)27-21(12-20(16-37-27)25-10-7-11-42-25)17-39-18(2)26(41-28(39)40)19-13-22(29(31,32)33)15-23(14-19)30(34,35)36/h7,10-16,18,24,26H,3-6,8-9,17H2,1-2H3/t18-,26-/m0/s1. The van der Waals surface area contributed by atoms with Crippen molar-refractivity contribution in [1.82, 2.24) is 9.88 Å². The van der Waals surface area contributed by atoms with E-state index in [2.05, 4.69) is 4.90 Å². The molecule has 1 aliphatic heterocycles. The molecule has 2 aliphatic rings. The molecule has 2 fully saturated rings. The fraction of sp³-hybridized carbons (Fsp3) is 0.467. The molecular formula is C30H31F6N3O2S. The van der Waals surface area contributed by atoms with Gasteiger partial charge in [0, 0.05) is 34.8 Å². The highest BCUT2D eigenvalue weighted by Gasteiger charge is 2.43. The Morgan fingerprint density at radius 1 is 1.02 bits per heavy atom. The molecule has 226 valence electrons. The lowest BCUT2D eigenvalue weighted by Crippen LogP contribution is -2.39. The van der Waals surface area contributed by atoms with Crippen LogP contribution in [0.2, 0.25) is 0 Å². The zero-order chi connectivity index (χ0) is 30.2. The SMILES string of the molecule is CCN(c1ncc(-c2cccs2)cc1CN1C(=O)O[C@H](c2cc(C(F)(F)F)cc(C(F)(F)F)c2)[C@@H]1C)C1CCCCC1. The first kappa shape index (κ1) is 30.2. The van der Waals surface area contributed by atoms with Crippen LogP contribution in [0.15, 0.2) is 48.0 Å². The van der Waals surface area contributed by atoms with E-state index < -0.39 is 41.7 Å². The number of alkyl halides is 6. The van der Waals surface area contributed by atoms with Crippen molar-refractivity contribution in [3.63, 3.8) is 0 Å². The lowest BCUT2D eigenvalue weighted by molar-refractivity contribution is -0.143. The largest absolute Gasteiger partial charge is 0.439 e. The Labute approximate surface area is 244 Å². The third kappa shape index (κ3) is 6.23. The molecule has 5 nitrogen and oxygen atoms in total. The van der Waals surface area contributed by atoms with Crippen LogP contribution in [0.4, 0.5) is 37.0 Å². The smallest absolute Gasteiger partial charge is 0.416 e. The van der Waals surface area contributed by atoms with E-state index in [-0.39, 0.29) is 24.2 Å². The number of thiophene rings is 1. The first-order valence-electron chi connectivity index (χ1n) is 13.9. The van der Waals surface area contributed by atoms with Gasteiger partial charge in [0.25, 0.3) is 0 Å². The van der Waals surface area contributed by atoms with Gasteiger partial charge in [-0.15, -0.1) is 11.3 Å². The summed E-state index contributed by atoms with van der Waals surface area (Å²) >= 11 is 1.54. The molecule has 3 aromatic rings. The van der Waals surface area contributed by atoms with Gasteiger partial charge in [0.05, 0.1) is 23.7 Å². The number of benzene rings is 1. The van der Waals surface area contributed by atoms with E-state index in [1.807, 2.05) is 30.5 Å². The van der Waals surface area contributed by atoms with Crippen LogP contribution in [-0.4, -0.2) is 34.6 Å². The Kier molecular flexibility index (Phi) is 8.46. The number of carbonyl (C=O) groups excluding carboxylic acids is 1. The van der Waals surface area contributed by atoms with E-state index in [9.17, 15) is 31.1 Å². The number of nitrogens with zero attached hydrogens (tertiary/aromatic N) is 3. The minimum atomic E-state index is -5.01. The first-order valence-corrected chi connectivity index (χ1v) is 14.8. The van der Waals surface area contributed by atoms with Crippen LogP contribution < -0.4 is 4.90 Å². The van der Waals surface area contributed by atoms with Crippen LogP contribution in [-0.2, 0) is 23.6 Å². The van der Waals surface area contributed by atoms with E-state index in [1.165, 1.54) is 22.7 Å². The molecule has 5 rings (SSSR count). The minimum absolute atomic E-state index is 0.0341. The molecule has 1 saturated carbocycles. The number of ether oxygens (including phenoxy) is 1. The summed E-state index contributed by atoms with van der Waals surface area (Å²) in [6.07, 6.45) is -4.92. The molecule has 2 aromatic heterocycles. The lowest BCUT2D eigenvalue weighted by Gasteiger charge is -2.36. The number of halogens is 6. The molecule has 0 radical (unpaired) electrons. The number of aromatic nitrogens is 1. The monoisotopic (exact) mass is 611 g/mol. The van der Waals surface area contributed by atoms with Crippen LogP contribution in [0.25, 0.3) is 10.4 Å². The summed E-state index contributed by atoms with van der Waals surface area (Å²) in [5.74, 6) is 0.714. The third-order valence-corrected chi connectivity index (χ3v) is 8.97. The second-order valence-electron chi connectivity index (χ2n) is 10.8. The second kappa shape index (κ2) is 11.8. The van der Waals surface area contributed by atoms with Gasteiger partial charge in [0.15, 0.2) is 0 Å². The first-order chi connectivity index (χ1) is 19.9. The van der Waals surface area contributed by atoms with Gasteiger partial charge in [-0.2, -0.15) is 26.3 Å². The van der Waals surface area contributed by atoms with Crippen LogP contribution >= 0.6 is 11.3 Å². The molecule has 2 atom stereocenters. The number of rotatable bonds is 7. The summed E-state index contributed by atoms with van der Waals surface area (Å²) in [4.78, 5) is 22.5. The maximum atomic E-state index is 13.5. The number of hydrogen-bond donors (Lipinski definition) is 0. The van der Waals surface area contributed by atoms with Gasteiger partial charge in [-0.1, -0.05) is 25.3 Å². The summed E-state index contributed by atoms with van der Waals surface area (Å²) in [5.41, 5.74) is -1.67. The van der Waals surface area contributed by atoms with E-state index in [1.54, 1.807) is 13.1 Å². The highest BCUT2D eigenvalue weighted by molar-refractivity contribution is 7.13. The molecule has 1 aliphatic carbocycles. The van der Waals surface area contributed by atoms with E-state index in [4.69, 9.17) is 9.72 Å². The maximum Gasteiger partial charge on any atom is 0.416 e. The summed E-state index contributed by atoms with van der Waals surface area (Å²) in [6, 6.07) is 6.59. The van der Waals surface area contributed by atoms with E-state index >= 15 is 0 Å². The maximum absolute atomic E-state index is 13.5. The molecular weight excluding hydrogens is 580 g/mol. The topological polar surface area (TPSA) is 45.7 Å². The van der Waals surface area contributed by atoms with Crippen molar-refractivity contribution in [2.75, 3.05) is 11.4 Å². The minimum Gasteiger partial charge on any atom is -0.439 e. The van der Waals surface area contributed by atoms with Crippen molar-refractivity contribution in [3.05, 3.63) is 70.2 Å². The van der Waals surface area contributed by atoms with Crippen molar-refractivity contribution >= 4 is 23.2 Å². The second-order valence-corrected chi connectivity index (χ2v) is 11.7. The predicted octanol–water partition coefficient (Wildman–Crippen LogP) is 9.09. The Hall–Kier alpha value is -3.28. The average Bonchev–Trinajstić information content (AvgIpc) is 3.58. The van der Waals surface area contributed by atoms with Crippen molar-refractivity contribution in [2.45, 2.75) is 83.0 Å². The zero-order valence-electron chi connectivity index (χ0n) is 23.1. The summed E-state index contributed by atoms with van der Waals surface area (Å²) < 4.78 is 86.6. The van der Waals surface area contributed by atoms with E-state index in [0.717, 1.165) is 41.7 Å². The van der Waals surface area contributed by atoms with Crippen molar-refractivity contribution in [2.24, 2.45) is 0 Å².